The van der Waals surface area contributed by atoms with Crippen molar-refractivity contribution in [3.63, 3.8) is 0 Å². The highest BCUT2D eigenvalue weighted by Crippen LogP contribution is 2.46. The summed E-state index contributed by atoms with van der Waals surface area (Å²) < 4.78 is 34.4. The van der Waals surface area contributed by atoms with Gasteiger partial charge >= 0.3 is 0 Å². The molecule has 0 radical (unpaired) electrons. The number of ether oxygens (including phenoxy) is 2. The maximum absolute atomic E-state index is 13.0. The van der Waals surface area contributed by atoms with E-state index < -0.39 is 9.84 Å². The minimum atomic E-state index is -3.01. The van der Waals surface area contributed by atoms with E-state index in [4.69, 9.17) is 9.47 Å². The molecule has 150 valence electrons. The number of rotatable bonds is 8. The molecule has 1 heterocycles. The fraction of sp³-hybridized carbons (Fsp3) is 0.650. The lowest BCUT2D eigenvalue weighted by molar-refractivity contribution is -0.133. The molecule has 6 nitrogen and oxygen atoms in total. The van der Waals surface area contributed by atoms with Gasteiger partial charge in [0.05, 0.1) is 25.7 Å². The second-order valence-electron chi connectivity index (χ2n) is 7.50. The highest BCUT2D eigenvalue weighted by atomic mass is 32.2. The van der Waals surface area contributed by atoms with E-state index >= 15 is 0 Å². The fourth-order valence-electron chi connectivity index (χ4n) is 4.10. The summed E-state index contributed by atoms with van der Waals surface area (Å²) in [5, 5.41) is 0. The highest BCUT2D eigenvalue weighted by molar-refractivity contribution is 7.91. The molecule has 0 bridgehead atoms. The molecule has 27 heavy (non-hydrogen) atoms. The van der Waals surface area contributed by atoms with E-state index in [9.17, 15) is 13.2 Å². The van der Waals surface area contributed by atoms with Gasteiger partial charge in [-0.1, -0.05) is 6.07 Å². The number of benzene rings is 1. The molecule has 0 N–H and O–H groups in total. The quantitative estimate of drug-likeness (QED) is 0.677. The van der Waals surface area contributed by atoms with Crippen LogP contribution < -0.4 is 9.47 Å². The lowest BCUT2D eigenvalue weighted by atomic mass is 9.90. The number of carbonyl (C=O) groups excluding carboxylic acids is 1. The summed E-state index contributed by atoms with van der Waals surface area (Å²) in [6, 6.07) is 5.67. The molecule has 2 atom stereocenters. The summed E-state index contributed by atoms with van der Waals surface area (Å²) in [4.78, 5) is 14.8. The number of methoxy groups -OCH3 is 2. The molecule has 0 aromatic heterocycles. The van der Waals surface area contributed by atoms with Crippen molar-refractivity contribution in [1.29, 1.82) is 0 Å². The van der Waals surface area contributed by atoms with Crippen molar-refractivity contribution in [1.82, 2.24) is 4.90 Å². The Morgan fingerprint density at radius 2 is 1.89 bits per heavy atom. The zero-order chi connectivity index (χ0) is 19.6. The Morgan fingerprint density at radius 3 is 2.41 bits per heavy atom. The Hall–Kier alpha value is -1.76. The van der Waals surface area contributed by atoms with Gasteiger partial charge in [0, 0.05) is 19.0 Å². The molecular weight excluding hydrogens is 366 g/mol. The second-order valence-corrected chi connectivity index (χ2v) is 9.73. The Morgan fingerprint density at radius 1 is 1.19 bits per heavy atom. The summed E-state index contributed by atoms with van der Waals surface area (Å²) in [5.41, 5.74) is 1.08. The van der Waals surface area contributed by atoms with Gasteiger partial charge in [0.1, 0.15) is 0 Å². The van der Waals surface area contributed by atoms with Crippen molar-refractivity contribution in [2.24, 2.45) is 5.92 Å². The van der Waals surface area contributed by atoms with Crippen LogP contribution >= 0.6 is 0 Å². The average Bonchev–Trinajstić information content (AvgIpc) is 3.43. The monoisotopic (exact) mass is 395 g/mol. The van der Waals surface area contributed by atoms with Crippen molar-refractivity contribution in [3.8, 4) is 11.5 Å². The van der Waals surface area contributed by atoms with E-state index in [-0.39, 0.29) is 29.4 Å². The minimum absolute atomic E-state index is 0.0475. The number of hydrogen-bond acceptors (Lipinski definition) is 5. The van der Waals surface area contributed by atoms with Crippen molar-refractivity contribution in [2.75, 3.05) is 32.3 Å². The molecule has 1 amide bonds. The summed E-state index contributed by atoms with van der Waals surface area (Å²) in [7, 11) is 0.205. The standard InChI is InChI=1S/C20H29NO5S/c1-4-21(16-9-10-27(23,24)13-16)20(22)12-17(14-5-6-14)15-7-8-18(25-2)19(11-15)26-3/h7-8,11,14,16-17H,4-6,9-10,12-13H2,1-3H3. The van der Waals surface area contributed by atoms with Gasteiger partial charge in [-0.15, -0.1) is 0 Å². The number of sulfone groups is 1. The molecule has 1 aliphatic heterocycles. The number of amides is 1. The van der Waals surface area contributed by atoms with Crippen LogP contribution in [0.25, 0.3) is 0 Å². The zero-order valence-corrected chi connectivity index (χ0v) is 17.1. The first kappa shape index (κ1) is 20.0. The molecule has 0 spiro atoms. The van der Waals surface area contributed by atoms with E-state index in [0.717, 1.165) is 18.4 Å². The summed E-state index contributed by atoms with van der Waals surface area (Å²) >= 11 is 0. The Kier molecular flexibility index (Phi) is 5.99. The Bertz CT molecular complexity index is 788. The molecule has 1 saturated carbocycles. The Balaban J connectivity index is 1.77. The molecule has 1 aromatic rings. The Labute approximate surface area is 161 Å². The smallest absolute Gasteiger partial charge is 0.223 e. The maximum Gasteiger partial charge on any atom is 0.223 e. The normalized spacial score (nSPS) is 22.3. The lowest BCUT2D eigenvalue weighted by Gasteiger charge is -2.29. The molecule has 2 unspecified atom stereocenters. The van der Waals surface area contributed by atoms with E-state index in [2.05, 4.69) is 0 Å². The first-order valence-electron chi connectivity index (χ1n) is 9.60. The highest BCUT2D eigenvalue weighted by Gasteiger charge is 2.38. The summed E-state index contributed by atoms with van der Waals surface area (Å²) in [6.45, 7) is 2.47. The van der Waals surface area contributed by atoms with E-state index in [1.807, 2.05) is 25.1 Å². The van der Waals surface area contributed by atoms with Gasteiger partial charge in [-0.05, 0) is 55.7 Å². The van der Waals surface area contributed by atoms with Crippen LogP contribution in [0.4, 0.5) is 0 Å². The molecule has 2 aliphatic rings. The van der Waals surface area contributed by atoms with Crippen LogP contribution in [0.5, 0.6) is 11.5 Å². The van der Waals surface area contributed by atoms with E-state index in [1.165, 1.54) is 0 Å². The number of carbonyl (C=O) groups is 1. The first-order chi connectivity index (χ1) is 12.9. The third kappa shape index (κ3) is 4.57. The van der Waals surface area contributed by atoms with Gasteiger partial charge in [-0.3, -0.25) is 4.79 Å². The first-order valence-corrected chi connectivity index (χ1v) is 11.4. The minimum Gasteiger partial charge on any atom is -0.493 e. The third-order valence-corrected chi connectivity index (χ3v) is 7.48. The molecule has 1 aromatic carbocycles. The summed E-state index contributed by atoms with van der Waals surface area (Å²) in [6.07, 6.45) is 3.20. The van der Waals surface area contributed by atoms with Crippen molar-refractivity contribution in [2.45, 2.75) is 44.6 Å². The molecule has 1 saturated heterocycles. The van der Waals surface area contributed by atoms with Crippen LogP contribution in [0.3, 0.4) is 0 Å². The van der Waals surface area contributed by atoms with Crippen LogP contribution in [-0.2, 0) is 14.6 Å². The van der Waals surface area contributed by atoms with Crippen LogP contribution in [0.15, 0.2) is 18.2 Å². The fourth-order valence-corrected chi connectivity index (χ4v) is 5.83. The number of hydrogen-bond donors (Lipinski definition) is 0. The van der Waals surface area contributed by atoms with E-state index in [1.54, 1.807) is 19.1 Å². The predicted octanol–water partition coefficient (Wildman–Crippen LogP) is 2.62. The third-order valence-electron chi connectivity index (χ3n) is 5.73. The van der Waals surface area contributed by atoms with Gasteiger partial charge in [0.2, 0.25) is 5.91 Å². The van der Waals surface area contributed by atoms with Crippen LogP contribution in [0, 0.1) is 5.92 Å². The molecule has 7 heteroatoms. The van der Waals surface area contributed by atoms with Crippen molar-refractivity contribution in [3.05, 3.63) is 23.8 Å². The van der Waals surface area contributed by atoms with Crippen molar-refractivity contribution < 1.29 is 22.7 Å². The maximum atomic E-state index is 13.0. The van der Waals surface area contributed by atoms with Crippen LogP contribution in [0.2, 0.25) is 0 Å². The van der Waals surface area contributed by atoms with E-state index in [0.29, 0.717) is 36.8 Å². The predicted molar refractivity (Wildman–Crippen MR) is 104 cm³/mol. The van der Waals surface area contributed by atoms with Crippen molar-refractivity contribution >= 4 is 15.7 Å². The van der Waals surface area contributed by atoms with Gasteiger partial charge in [-0.25, -0.2) is 8.42 Å². The SMILES string of the molecule is CCN(C(=O)CC(c1ccc(OC)c(OC)c1)C1CC1)C1CCS(=O)(=O)C1. The van der Waals surface area contributed by atoms with Gasteiger partial charge < -0.3 is 14.4 Å². The summed E-state index contributed by atoms with van der Waals surface area (Å²) in [5.74, 6) is 2.30. The van der Waals surface area contributed by atoms with Gasteiger partial charge in [-0.2, -0.15) is 0 Å². The largest absolute Gasteiger partial charge is 0.493 e. The van der Waals surface area contributed by atoms with Gasteiger partial charge in [0.25, 0.3) is 0 Å². The molecular formula is C20H29NO5S. The molecule has 1 aliphatic carbocycles. The lowest BCUT2D eigenvalue weighted by Crippen LogP contribution is -2.41. The zero-order valence-electron chi connectivity index (χ0n) is 16.3. The van der Waals surface area contributed by atoms with Gasteiger partial charge in [0.15, 0.2) is 21.3 Å². The molecule has 2 fully saturated rings. The average molecular weight is 396 g/mol. The van der Waals surface area contributed by atoms with Crippen LogP contribution in [-0.4, -0.2) is 57.5 Å². The van der Waals surface area contributed by atoms with Crippen LogP contribution in [0.1, 0.15) is 44.1 Å². The second kappa shape index (κ2) is 8.09. The topological polar surface area (TPSA) is 72.9 Å². The number of nitrogens with zero attached hydrogens (tertiary/aromatic N) is 1. The molecule has 3 rings (SSSR count).